The maximum atomic E-state index is 10.9. The van der Waals surface area contributed by atoms with Crippen molar-refractivity contribution in [3.63, 3.8) is 0 Å². The summed E-state index contributed by atoms with van der Waals surface area (Å²) in [5.41, 5.74) is 1.19. The first kappa shape index (κ1) is 14.6. The Balaban J connectivity index is 2.11. The lowest BCUT2D eigenvalue weighted by atomic mass is 10.2. The third-order valence-corrected chi connectivity index (χ3v) is 3.48. The third-order valence-electron chi connectivity index (χ3n) is 2.86. The van der Waals surface area contributed by atoms with Gasteiger partial charge in [-0.05, 0) is 48.0 Å². The van der Waals surface area contributed by atoms with Crippen LogP contribution < -0.4 is 4.74 Å². The lowest BCUT2D eigenvalue weighted by Crippen LogP contribution is -2.07. The number of carboxylic acid groups (broad SMARTS) is 1. The van der Waals surface area contributed by atoms with E-state index in [1.54, 1.807) is 18.6 Å². The molecule has 2 aromatic rings. The summed E-state index contributed by atoms with van der Waals surface area (Å²) in [5.74, 6) is -0.360. The fraction of sp³-hybridized carbons (Fsp3) is 0.286. The first-order valence-corrected chi connectivity index (χ1v) is 6.94. The van der Waals surface area contributed by atoms with E-state index in [-0.39, 0.29) is 5.56 Å². The number of carbonyl (C=O) groups is 1. The second kappa shape index (κ2) is 6.09. The molecule has 6 heteroatoms. The van der Waals surface area contributed by atoms with Crippen molar-refractivity contribution >= 4 is 21.9 Å². The van der Waals surface area contributed by atoms with Gasteiger partial charge in [0.25, 0.3) is 0 Å². The SMILES string of the molecule is CC(C)n1cncc1COc1ccc(C(=O)O)cc1Br. The average molecular weight is 339 g/mol. The Hall–Kier alpha value is -1.82. The number of halogens is 1. The summed E-state index contributed by atoms with van der Waals surface area (Å²) in [7, 11) is 0. The van der Waals surface area contributed by atoms with Crippen LogP contribution in [0.5, 0.6) is 5.75 Å². The number of hydrogen-bond acceptors (Lipinski definition) is 3. The minimum atomic E-state index is -0.963. The van der Waals surface area contributed by atoms with E-state index < -0.39 is 5.97 Å². The normalized spacial score (nSPS) is 10.8. The van der Waals surface area contributed by atoms with Crippen LogP contribution in [0.15, 0.2) is 35.2 Å². The zero-order valence-electron chi connectivity index (χ0n) is 11.2. The molecule has 5 nitrogen and oxygen atoms in total. The van der Waals surface area contributed by atoms with E-state index in [1.807, 2.05) is 4.57 Å². The molecule has 1 N–H and O–H groups in total. The van der Waals surface area contributed by atoms with Gasteiger partial charge in [-0.2, -0.15) is 0 Å². The first-order valence-electron chi connectivity index (χ1n) is 6.15. The van der Waals surface area contributed by atoms with Crippen LogP contribution in [0.25, 0.3) is 0 Å². The highest BCUT2D eigenvalue weighted by Crippen LogP contribution is 2.27. The van der Waals surface area contributed by atoms with E-state index in [0.29, 0.717) is 22.9 Å². The Morgan fingerprint density at radius 2 is 2.25 bits per heavy atom. The van der Waals surface area contributed by atoms with Crippen molar-refractivity contribution in [3.05, 3.63) is 46.5 Å². The molecule has 0 aliphatic carbocycles. The van der Waals surface area contributed by atoms with Crippen LogP contribution in [0.1, 0.15) is 35.9 Å². The Morgan fingerprint density at radius 1 is 1.50 bits per heavy atom. The van der Waals surface area contributed by atoms with Crippen LogP contribution in [0, 0.1) is 0 Å². The fourth-order valence-corrected chi connectivity index (χ4v) is 2.30. The number of benzene rings is 1. The predicted molar refractivity (Wildman–Crippen MR) is 78.0 cm³/mol. The van der Waals surface area contributed by atoms with Gasteiger partial charge in [-0.3, -0.25) is 0 Å². The van der Waals surface area contributed by atoms with Crippen molar-refractivity contribution < 1.29 is 14.6 Å². The molecular formula is C14H15BrN2O3. The maximum Gasteiger partial charge on any atom is 0.335 e. The number of nitrogens with zero attached hydrogens (tertiary/aromatic N) is 2. The topological polar surface area (TPSA) is 64.4 Å². The highest BCUT2D eigenvalue weighted by atomic mass is 79.9. The van der Waals surface area contributed by atoms with Gasteiger partial charge in [-0.1, -0.05) is 0 Å². The molecule has 0 fully saturated rings. The van der Waals surface area contributed by atoms with Gasteiger partial charge >= 0.3 is 5.97 Å². The molecule has 1 heterocycles. The van der Waals surface area contributed by atoms with Gasteiger partial charge in [0.15, 0.2) is 0 Å². The molecule has 0 saturated heterocycles. The third kappa shape index (κ3) is 3.19. The van der Waals surface area contributed by atoms with E-state index >= 15 is 0 Å². The van der Waals surface area contributed by atoms with Gasteiger partial charge in [0, 0.05) is 6.04 Å². The van der Waals surface area contributed by atoms with E-state index in [4.69, 9.17) is 9.84 Å². The average Bonchev–Trinajstić information content (AvgIpc) is 2.85. The summed E-state index contributed by atoms with van der Waals surface area (Å²) in [5, 5.41) is 8.90. The zero-order chi connectivity index (χ0) is 14.7. The summed E-state index contributed by atoms with van der Waals surface area (Å²) >= 11 is 3.32. The predicted octanol–water partition coefficient (Wildman–Crippen LogP) is 3.50. The van der Waals surface area contributed by atoms with Crippen molar-refractivity contribution in [3.8, 4) is 5.75 Å². The van der Waals surface area contributed by atoms with Crippen LogP contribution in [-0.2, 0) is 6.61 Å². The monoisotopic (exact) mass is 338 g/mol. The number of rotatable bonds is 5. The Kier molecular flexibility index (Phi) is 4.44. The van der Waals surface area contributed by atoms with Crippen molar-refractivity contribution in [1.29, 1.82) is 0 Å². The molecule has 0 saturated carbocycles. The van der Waals surface area contributed by atoms with Crippen molar-refractivity contribution in [2.45, 2.75) is 26.5 Å². The van der Waals surface area contributed by atoms with Gasteiger partial charge in [-0.25, -0.2) is 9.78 Å². The molecule has 1 aromatic carbocycles. The second-order valence-corrected chi connectivity index (χ2v) is 5.48. The summed E-state index contributed by atoms with van der Waals surface area (Å²) in [6.07, 6.45) is 3.53. The fourth-order valence-electron chi connectivity index (χ4n) is 1.81. The largest absolute Gasteiger partial charge is 0.486 e. The number of carboxylic acids is 1. The molecule has 20 heavy (non-hydrogen) atoms. The van der Waals surface area contributed by atoms with E-state index in [0.717, 1.165) is 5.69 Å². The number of ether oxygens (including phenoxy) is 1. The number of hydrogen-bond donors (Lipinski definition) is 1. The van der Waals surface area contributed by atoms with Gasteiger partial charge in [0.2, 0.25) is 0 Å². The maximum absolute atomic E-state index is 10.9. The van der Waals surface area contributed by atoms with E-state index in [1.165, 1.54) is 12.1 Å². The Bertz CT molecular complexity index is 623. The molecule has 0 bridgehead atoms. The molecule has 1 aromatic heterocycles. The zero-order valence-corrected chi connectivity index (χ0v) is 12.8. The highest BCUT2D eigenvalue weighted by molar-refractivity contribution is 9.10. The Labute approximate surface area is 125 Å². The number of aromatic carboxylic acids is 1. The summed E-state index contributed by atoms with van der Waals surface area (Å²) in [4.78, 5) is 15.0. The van der Waals surface area contributed by atoms with Crippen LogP contribution in [-0.4, -0.2) is 20.6 Å². The molecule has 0 amide bonds. The molecule has 106 valence electrons. The van der Waals surface area contributed by atoms with E-state index in [2.05, 4.69) is 34.8 Å². The Morgan fingerprint density at radius 3 is 2.85 bits per heavy atom. The minimum absolute atomic E-state index is 0.219. The molecule has 0 aliphatic heterocycles. The standard InChI is InChI=1S/C14H15BrN2O3/c1-9(2)17-8-16-6-11(17)7-20-13-4-3-10(14(18)19)5-12(13)15/h3-6,8-9H,7H2,1-2H3,(H,18,19). The highest BCUT2D eigenvalue weighted by Gasteiger charge is 2.10. The van der Waals surface area contributed by atoms with Gasteiger partial charge in [-0.15, -0.1) is 0 Å². The number of aromatic nitrogens is 2. The van der Waals surface area contributed by atoms with Crippen LogP contribution >= 0.6 is 15.9 Å². The molecular weight excluding hydrogens is 324 g/mol. The quantitative estimate of drug-likeness (QED) is 0.905. The molecule has 0 spiro atoms. The molecule has 0 unspecified atom stereocenters. The lowest BCUT2D eigenvalue weighted by molar-refractivity contribution is 0.0696. The van der Waals surface area contributed by atoms with Gasteiger partial charge in [0.05, 0.1) is 28.3 Å². The smallest absolute Gasteiger partial charge is 0.335 e. The van der Waals surface area contributed by atoms with Crippen molar-refractivity contribution in [2.75, 3.05) is 0 Å². The van der Waals surface area contributed by atoms with Crippen LogP contribution in [0.3, 0.4) is 0 Å². The van der Waals surface area contributed by atoms with Gasteiger partial charge in [0.1, 0.15) is 12.4 Å². The second-order valence-electron chi connectivity index (χ2n) is 4.63. The van der Waals surface area contributed by atoms with Crippen molar-refractivity contribution in [2.24, 2.45) is 0 Å². The molecule has 0 atom stereocenters. The summed E-state index contributed by atoms with van der Waals surface area (Å²) in [6, 6.07) is 5.00. The van der Waals surface area contributed by atoms with Gasteiger partial charge < -0.3 is 14.4 Å². The number of imidazole rings is 1. The van der Waals surface area contributed by atoms with E-state index in [9.17, 15) is 4.79 Å². The van der Waals surface area contributed by atoms with Crippen LogP contribution in [0.2, 0.25) is 0 Å². The molecule has 0 aliphatic rings. The van der Waals surface area contributed by atoms with Crippen molar-refractivity contribution in [1.82, 2.24) is 9.55 Å². The lowest BCUT2D eigenvalue weighted by Gasteiger charge is -2.13. The van der Waals surface area contributed by atoms with Crippen LogP contribution in [0.4, 0.5) is 0 Å². The summed E-state index contributed by atoms with van der Waals surface area (Å²) < 4.78 is 8.35. The first-order chi connectivity index (χ1) is 9.49. The molecule has 0 radical (unpaired) electrons. The summed E-state index contributed by atoms with van der Waals surface area (Å²) in [6.45, 7) is 4.52. The minimum Gasteiger partial charge on any atom is -0.486 e. The molecule has 2 rings (SSSR count).